The van der Waals surface area contributed by atoms with E-state index in [4.69, 9.17) is 4.74 Å². The van der Waals surface area contributed by atoms with Crippen LogP contribution in [0.25, 0.3) is 0 Å². The molecular formula is C17H19NO3. The average Bonchev–Trinajstić information content (AvgIpc) is 2.50. The molecule has 0 saturated carbocycles. The minimum atomic E-state index is -0.0751. The summed E-state index contributed by atoms with van der Waals surface area (Å²) in [5.41, 5.74) is 2.29. The fourth-order valence-corrected chi connectivity index (χ4v) is 2.09. The number of carbonyl (C=O) groups excluding carboxylic acids is 1. The third kappa shape index (κ3) is 3.54. The molecule has 0 aliphatic heterocycles. The third-order valence-corrected chi connectivity index (χ3v) is 3.37. The molecular weight excluding hydrogens is 266 g/mol. The average molecular weight is 285 g/mol. The molecule has 21 heavy (non-hydrogen) atoms. The number of aromatic hydroxyl groups is 1. The Morgan fingerprint density at radius 1 is 1.19 bits per heavy atom. The Morgan fingerprint density at radius 2 is 1.86 bits per heavy atom. The summed E-state index contributed by atoms with van der Waals surface area (Å²) in [6, 6.07) is 12.5. The van der Waals surface area contributed by atoms with Gasteiger partial charge in [0.25, 0.3) is 5.91 Å². The highest BCUT2D eigenvalue weighted by Crippen LogP contribution is 2.19. The van der Waals surface area contributed by atoms with Crippen molar-refractivity contribution in [3.63, 3.8) is 0 Å². The highest BCUT2D eigenvalue weighted by atomic mass is 16.5. The lowest BCUT2D eigenvalue weighted by molar-refractivity contribution is 0.0785. The number of nitrogens with zero attached hydrogens (tertiary/aromatic N) is 1. The molecule has 0 aromatic heterocycles. The molecule has 2 aromatic rings. The molecule has 0 bridgehead atoms. The molecule has 1 N–H and O–H groups in total. The van der Waals surface area contributed by atoms with Crippen LogP contribution < -0.4 is 4.74 Å². The predicted octanol–water partition coefficient (Wildman–Crippen LogP) is 2.98. The third-order valence-electron chi connectivity index (χ3n) is 3.37. The number of hydrogen-bond donors (Lipinski definition) is 1. The molecule has 0 unspecified atom stereocenters. The summed E-state index contributed by atoms with van der Waals surface area (Å²) in [5, 5.41) is 9.51. The summed E-state index contributed by atoms with van der Waals surface area (Å²) < 4.78 is 5.11. The van der Waals surface area contributed by atoms with Gasteiger partial charge in [0.2, 0.25) is 0 Å². The van der Waals surface area contributed by atoms with E-state index in [-0.39, 0.29) is 11.7 Å². The molecule has 0 aliphatic rings. The summed E-state index contributed by atoms with van der Waals surface area (Å²) >= 11 is 0. The topological polar surface area (TPSA) is 49.8 Å². The smallest absolute Gasteiger partial charge is 0.253 e. The first-order chi connectivity index (χ1) is 10.0. The van der Waals surface area contributed by atoms with Crippen molar-refractivity contribution in [1.29, 1.82) is 0 Å². The molecule has 0 saturated heterocycles. The van der Waals surface area contributed by atoms with Gasteiger partial charge in [0, 0.05) is 19.2 Å². The number of ether oxygens (including phenoxy) is 1. The molecule has 0 atom stereocenters. The van der Waals surface area contributed by atoms with Crippen LogP contribution >= 0.6 is 0 Å². The summed E-state index contributed by atoms with van der Waals surface area (Å²) in [6.07, 6.45) is 0. The first-order valence-corrected chi connectivity index (χ1v) is 6.69. The van der Waals surface area contributed by atoms with Crippen LogP contribution in [-0.2, 0) is 6.54 Å². The van der Waals surface area contributed by atoms with Crippen LogP contribution in [0.1, 0.15) is 21.5 Å². The molecule has 4 nitrogen and oxygen atoms in total. The number of rotatable bonds is 4. The molecule has 2 rings (SSSR count). The largest absolute Gasteiger partial charge is 0.508 e. The van der Waals surface area contributed by atoms with Gasteiger partial charge in [-0.2, -0.15) is 0 Å². The Balaban J connectivity index is 2.09. The SMILES string of the molecule is COc1ccc(CN(C)C(=O)c2ccc(O)c(C)c2)cc1. The zero-order valence-electron chi connectivity index (χ0n) is 12.5. The van der Waals surface area contributed by atoms with Crippen LogP contribution in [0.2, 0.25) is 0 Å². The van der Waals surface area contributed by atoms with Crippen LogP contribution in [0.15, 0.2) is 42.5 Å². The lowest BCUT2D eigenvalue weighted by Crippen LogP contribution is -2.26. The molecule has 0 spiro atoms. The monoisotopic (exact) mass is 285 g/mol. The second-order valence-electron chi connectivity index (χ2n) is 5.01. The van der Waals surface area contributed by atoms with Gasteiger partial charge in [-0.15, -0.1) is 0 Å². The highest BCUT2D eigenvalue weighted by molar-refractivity contribution is 5.94. The predicted molar refractivity (Wildman–Crippen MR) is 81.6 cm³/mol. The quantitative estimate of drug-likeness (QED) is 0.939. The number of carbonyl (C=O) groups is 1. The highest BCUT2D eigenvalue weighted by Gasteiger charge is 2.13. The number of phenols is 1. The maximum absolute atomic E-state index is 12.4. The Hall–Kier alpha value is -2.49. The first-order valence-electron chi connectivity index (χ1n) is 6.69. The Labute approximate surface area is 124 Å². The zero-order valence-corrected chi connectivity index (χ0v) is 12.5. The van der Waals surface area contributed by atoms with Crippen LogP contribution in [0.5, 0.6) is 11.5 Å². The summed E-state index contributed by atoms with van der Waals surface area (Å²) in [5.74, 6) is 0.917. The summed E-state index contributed by atoms with van der Waals surface area (Å²) in [4.78, 5) is 14.0. The number of aryl methyl sites for hydroxylation is 1. The van der Waals surface area contributed by atoms with Gasteiger partial charge in [-0.25, -0.2) is 0 Å². The van der Waals surface area contributed by atoms with Crippen LogP contribution in [0, 0.1) is 6.92 Å². The molecule has 2 aromatic carbocycles. The van der Waals surface area contributed by atoms with Crippen molar-refractivity contribution in [3.8, 4) is 11.5 Å². The van der Waals surface area contributed by atoms with E-state index in [2.05, 4.69) is 0 Å². The summed E-state index contributed by atoms with van der Waals surface area (Å²) in [7, 11) is 3.38. The Morgan fingerprint density at radius 3 is 2.43 bits per heavy atom. The van der Waals surface area contributed by atoms with Crippen molar-refractivity contribution in [2.45, 2.75) is 13.5 Å². The van der Waals surface area contributed by atoms with Gasteiger partial charge in [-0.1, -0.05) is 12.1 Å². The Bertz CT molecular complexity index is 635. The van der Waals surface area contributed by atoms with E-state index < -0.39 is 0 Å². The summed E-state index contributed by atoms with van der Waals surface area (Å²) in [6.45, 7) is 2.29. The van der Waals surface area contributed by atoms with E-state index in [1.807, 2.05) is 24.3 Å². The minimum Gasteiger partial charge on any atom is -0.508 e. The van der Waals surface area contributed by atoms with Gasteiger partial charge < -0.3 is 14.7 Å². The maximum atomic E-state index is 12.4. The van der Waals surface area contributed by atoms with E-state index in [0.717, 1.165) is 11.3 Å². The molecule has 110 valence electrons. The molecule has 0 fully saturated rings. The lowest BCUT2D eigenvalue weighted by Gasteiger charge is -2.18. The first kappa shape index (κ1) is 14.9. The minimum absolute atomic E-state index is 0.0751. The van der Waals surface area contributed by atoms with Crippen molar-refractivity contribution in [3.05, 3.63) is 59.2 Å². The van der Waals surface area contributed by atoms with Gasteiger partial charge in [0.1, 0.15) is 11.5 Å². The van der Waals surface area contributed by atoms with Crippen molar-refractivity contribution < 1.29 is 14.6 Å². The number of amides is 1. The van der Waals surface area contributed by atoms with E-state index in [9.17, 15) is 9.90 Å². The molecule has 0 aliphatic carbocycles. The fraction of sp³-hybridized carbons (Fsp3) is 0.235. The fourth-order valence-electron chi connectivity index (χ4n) is 2.09. The van der Waals surface area contributed by atoms with E-state index in [1.54, 1.807) is 44.2 Å². The van der Waals surface area contributed by atoms with E-state index >= 15 is 0 Å². The number of hydrogen-bond acceptors (Lipinski definition) is 3. The van der Waals surface area contributed by atoms with Crippen LogP contribution in [0.4, 0.5) is 0 Å². The number of methoxy groups -OCH3 is 1. The van der Waals surface area contributed by atoms with Crippen molar-refractivity contribution in [2.75, 3.05) is 14.2 Å². The normalized spacial score (nSPS) is 10.2. The Kier molecular flexibility index (Phi) is 4.48. The van der Waals surface area contributed by atoms with Crippen LogP contribution in [-0.4, -0.2) is 30.1 Å². The zero-order chi connectivity index (χ0) is 15.4. The van der Waals surface area contributed by atoms with E-state index in [1.165, 1.54) is 0 Å². The molecule has 4 heteroatoms. The second kappa shape index (κ2) is 6.31. The van der Waals surface area contributed by atoms with Crippen molar-refractivity contribution in [1.82, 2.24) is 4.90 Å². The number of phenolic OH excluding ortho intramolecular Hbond substituents is 1. The van der Waals surface area contributed by atoms with Crippen LogP contribution in [0.3, 0.4) is 0 Å². The van der Waals surface area contributed by atoms with E-state index in [0.29, 0.717) is 17.7 Å². The van der Waals surface area contributed by atoms with Gasteiger partial charge in [0.05, 0.1) is 7.11 Å². The standard InChI is InChI=1S/C17H19NO3/c1-12-10-14(6-9-16(12)19)17(20)18(2)11-13-4-7-15(21-3)8-5-13/h4-10,19H,11H2,1-3H3. The lowest BCUT2D eigenvalue weighted by atomic mass is 10.1. The van der Waals surface area contributed by atoms with Crippen molar-refractivity contribution in [2.24, 2.45) is 0 Å². The van der Waals surface area contributed by atoms with Crippen molar-refractivity contribution >= 4 is 5.91 Å². The van der Waals surface area contributed by atoms with Gasteiger partial charge in [0.15, 0.2) is 0 Å². The molecule has 0 radical (unpaired) electrons. The second-order valence-corrected chi connectivity index (χ2v) is 5.01. The molecule has 1 amide bonds. The maximum Gasteiger partial charge on any atom is 0.253 e. The van der Waals surface area contributed by atoms with Gasteiger partial charge in [-0.3, -0.25) is 4.79 Å². The number of benzene rings is 2. The van der Waals surface area contributed by atoms with Gasteiger partial charge >= 0.3 is 0 Å². The van der Waals surface area contributed by atoms with Gasteiger partial charge in [-0.05, 0) is 48.4 Å². The molecule has 0 heterocycles.